The van der Waals surface area contributed by atoms with E-state index in [0.29, 0.717) is 5.69 Å². The highest BCUT2D eigenvalue weighted by molar-refractivity contribution is 9.10. The normalized spacial score (nSPS) is 10.0. The fraction of sp³-hybridized carbons (Fsp3) is 0.0714. The summed E-state index contributed by atoms with van der Waals surface area (Å²) in [6.45, 7) is 0. The first kappa shape index (κ1) is 15.0. The number of nitro groups is 1. The van der Waals surface area contributed by atoms with Crippen LogP contribution in [0.2, 0.25) is 0 Å². The van der Waals surface area contributed by atoms with Gasteiger partial charge < -0.3 is 10.6 Å². The second-order valence-corrected chi connectivity index (χ2v) is 5.08. The fourth-order valence-corrected chi connectivity index (χ4v) is 2.14. The lowest BCUT2D eigenvalue weighted by molar-refractivity contribution is -0.384. The van der Waals surface area contributed by atoms with Crippen LogP contribution < -0.4 is 10.6 Å². The molecule has 0 aliphatic rings. The molecule has 0 bridgehead atoms. The number of para-hydroxylation sites is 1. The van der Waals surface area contributed by atoms with Crippen molar-refractivity contribution in [2.75, 3.05) is 17.7 Å². The van der Waals surface area contributed by atoms with E-state index < -0.39 is 10.8 Å². The van der Waals surface area contributed by atoms with Gasteiger partial charge in [0.2, 0.25) is 0 Å². The molecule has 2 aromatic carbocycles. The van der Waals surface area contributed by atoms with Crippen molar-refractivity contribution in [1.29, 1.82) is 0 Å². The molecule has 1 amide bonds. The van der Waals surface area contributed by atoms with Crippen LogP contribution >= 0.6 is 15.9 Å². The Kier molecular flexibility index (Phi) is 4.54. The highest BCUT2D eigenvalue weighted by atomic mass is 79.9. The lowest BCUT2D eigenvalue weighted by Gasteiger charge is -2.10. The van der Waals surface area contributed by atoms with E-state index in [2.05, 4.69) is 26.6 Å². The minimum Gasteiger partial charge on any atom is -0.382 e. The number of benzene rings is 2. The molecule has 108 valence electrons. The van der Waals surface area contributed by atoms with Crippen molar-refractivity contribution in [3.63, 3.8) is 0 Å². The van der Waals surface area contributed by atoms with Crippen molar-refractivity contribution in [2.45, 2.75) is 0 Å². The van der Waals surface area contributed by atoms with Gasteiger partial charge in [-0.05, 0) is 30.3 Å². The smallest absolute Gasteiger partial charge is 0.293 e. The number of nitro benzene ring substituents is 1. The molecule has 0 heterocycles. The molecule has 0 radical (unpaired) electrons. The van der Waals surface area contributed by atoms with E-state index in [1.165, 1.54) is 18.2 Å². The molecule has 0 saturated carbocycles. The van der Waals surface area contributed by atoms with Crippen molar-refractivity contribution in [3.8, 4) is 0 Å². The molecule has 0 aliphatic heterocycles. The number of anilines is 2. The zero-order valence-electron chi connectivity index (χ0n) is 11.1. The van der Waals surface area contributed by atoms with Gasteiger partial charge in [-0.15, -0.1) is 0 Å². The van der Waals surface area contributed by atoms with Gasteiger partial charge in [0.05, 0.1) is 10.5 Å². The van der Waals surface area contributed by atoms with Gasteiger partial charge >= 0.3 is 0 Å². The van der Waals surface area contributed by atoms with Crippen LogP contribution in [0, 0.1) is 10.1 Å². The summed E-state index contributed by atoms with van der Waals surface area (Å²) in [6, 6.07) is 11.4. The standard InChI is InChI=1S/C14H12BrN3O3/c1-16-13-11(3-2-4-12(13)18(20)21)14(19)17-10-7-5-9(15)6-8-10/h2-8,16H,1H3,(H,17,19). The Hall–Kier alpha value is -2.41. The number of carbonyl (C=O) groups is 1. The number of hydrogen-bond donors (Lipinski definition) is 2. The van der Waals surface area contributed by atoms with Gasteiger partial charge in [0.1, 0.15) is 5.69 Å². The number of nitrogens with one attached hydrogen (secondary N) is 2. The predicted octanol–water partition coefficient (Wildman–Crippen LogP) is 3.65. The molecule has 21 heavy (non-hydrogen) atoms. The van der Waals surface area contributed by atoms with Gasteiger partial charge in [-0.3, -0.25) is 14.9 Å². The summed E-state index contributed by atoms with van der Waals surface area (Å²) in [5, 5.41) is 16.4. The molecular weight excluding hydrogens is 338 g/mol. The zero-order valence-corrected chi connectivity index (χ0v) is 12.7. The summed E-state index contributed by atoms with van der Waals surface area (Å²) < 4.78 is 0.895. The molecule has 2 N–H and O–H groups in total. The Morgan fingerprint density at radius 3 is 2.43 bits per heavy atom. The van der Waals surface area contributed by atoms with E-state index >= 15 is 0 Å². The number of rotatable bonds is 4. The molecule has 7 heteroatoms. The molecule has 0 saturated heterocycles. The summed E-state index contributed by atoms with van der Waals surface area (Å²) in [7, 11) is 1.54. The Bertz CT molecular complexity index is 686. The fourth-order valence-electron chi connectivity index (χ4n) is 1.88. The molecule has 2 aromatic rings. The first-order valence-corrected chi connectivity index (χ1v) is 6.84. The number of carbonyl (C=O) groups excluding carboxylic acids is 1. The van der Waals surface area contributed by atoms with Crippen LogP contribution in [0.15, 0.2) is 46.9 Å². The summed E-state index contributed by atoms with van der Waals surface area (Å²) in [5.74, 6) is -0.412. The van der Waals surface area contributed by atoms with E-state index in [1.54, 1.807) is 31.3 Å². The second kappa shape index (κ2) is 6.36. The van der Waals surface area contributed by atoms with Crippen LogP contribution in [0.4, 0.5) is 17.1 Å². The maximum Gasteiger partial charge on any atom is 0.293 e. The predicted molar refractivity (Wildman–Crippen MR) is 84.7 cm³/mol. The second-order valence-electron chi connectivity index (χ2n) is 4.17. The number of nitrogens with zero attached hydrogens (tertiary/aromatic N) is 1. The van der Waals surface area contributed by atoms with Crippen molar-refractivity contribution in [1.82, 2.24) is 0 Å². The largest absolute Gasteiger partial charge is 0.382 e. The first-order chi connectivity index (χ1) is 10.0. The monoisotopic (exact) mass is 349 g/mol. The van der Waals surface area contributed by atoms with Crippen molar-refractivity contribution < 1.29 is 9.72 Å². The van der Waals surface area contributed by atoms with Gasteiger partial charge in [0.15, 0.2) is 0 Å². The maximum atomic E-state index is 12.3. The summed E-state index contributed by atoms with van der Waals surface area (Å²) in [6.07, 6.45) is 0. The molecule has 0 aliphatic carbocycles. The molecule has 6 nitrogen and oxygen atoms in total. The Labute approximate surface area is 129 Å². The maximum absolute atomic E-state index is 12.3. The van der Waals surface area contributed by atoms with Gasteiger partial charge in [-0.25, -0.2) is 0 Å². The van der Waals surface area contributed by atoms with Crippen molar-refractivity contribution in [2.24, 2.45) is 0 Å². The minimum absolute atomic E-state index is 0.138. The third-order valence-corrected chi connectivity index (χ3v) is 3.36. The van der Waals surface area contributed by atoms with E-state index in [-0.39, 0.29) is 16.9 Å². The number of halogens is 1. The Morgan fingerprint density at radius 2 is 1.86 bits per heavy atom. The van der Waals surface area contributed by atoms with Gasteiger partial charge in [-0.2, -0.15) is 0 Å². The summed E-state index contributed by atoms with van der Waals surface area (Å²) in [4.78, 5) is 22.7. The van der Waals surface area contributed by atoms with Crippen LogP contribution in [-0.2, 0) is 0 Å². The topological polar surface area (TPSA) is 84.3 Å². The van der Waals surface area contributed by atoms with Crippen LogP contribution in [0.1, 0.15) is 10.4 Å². The van der Waals surface area contributed by atoms with Gasteiger partial charge in [0, 0.05) is 23.3 Å². The number of hydrogen-bond acceptors (Lipinski definition) is 4. The summed E-state index contributed by atoms with van der Waals surface area (Å²) >= 11 is 3.31. The van der Waals surface area contributed by atoms with Gasteiger partial charge in [-0.1, -0.05) is 22.0 Å². The SMILES string of the molecule is CNc1c(C(=O)Nc2ccc(Br)cc2)cccc1[N+](=O)[O-]. The third-order valence-electron chi connectivity index (χ3n) is 2.84. The molecular formula is C14H12BrN3O3. The van der Waals surface area contributed by atoms with E-state index in [0.717, 1.165) is 4.47 Å². The number of amides is 1. The van der Waals surface area contributed by atoms with Crippen LogP contribution in [0.5, 0.6) is 0 Å². The molecule has 0 spiro atoms. The third kappa shape index (κ3) is 3.38. The van der Waals surface area contributed by atoms with Gasteiger partial charge in [0.25, 0.3) is 11.6 Å². The Balaban J connectivity index is 2.33. The molecule has 0 unspecified atom stereocenters. The highest BCUT2D eigenvalue weighted by Crippen LogP contribution is 2.28. The van der Waals surface area contributed by atoms with Crippen LogP contribution in [0.3, 0.4) is 0 Å². The van der Waals surface area contributed by atoms with Crippen molar-refractivity contribution >= 4 is 38.9 Å². The molecule has 2 rings (SSSR count). The molecule has 0 aromatic heterocycles. The molecule has 0 atom stereocenters. The van der Waals surface area contributed by atoms with E-state index in [1.807, 2.05) is 0 Å². The van der Waals surface area contributed by atoms with E-state index in [9.17, 15) is 14.9 Å². The lowest BCUT2D eigenvalue weighted by atomic mass is 10.1. The minimum atomic E-state index is -0.526. The zero-order chi connectivity index (χ0) is 15.4. The lowest BCUT2D eigenvalue weighted by Crippen LogP contribution is -2.14. The van der Waals surface area contributed by atoms with Crippen molar-refractivity contribution in [3.05, 3.63) is 62.6 Å². The van der Waals surface area contributed by atoms with E-state index in [4.69, 9.17) is 0 Å². The molecule has 0 fully saturated rings. The average molecular weight is 350 g/mol. The average Bonchev–Trinajstić information content (AvgIpc) is 2.48. The Morgan fingerprint density at radius 1 is 1.19 bits per heavy atom. The quantitative estimate of drug-likeness (QED) is 0.651. The van der Waals surface area contributed by atoms with Crippen LogP contribution in [-0.4, -0.2) is 17.9 Å². The first-order valence-electron chi connectivity index (χ1n) is 6.05. The highest BCUT2D eigenvalue weighted by Gasteiger charge is 2.20. The van der Waals surface area contributed by atoms with Crippen LogP contribution in [0.25, 0.3) is 0 Å². The summed E-state index contributed by atoms with van der Waals surface area (Å²) in [5.41, 5.74) is 0.879.